The summed E-state index contributed by atoms with van der Waals surface area (Å²) < 4.78 is 14.5. The van der Waals surface area contributed by atoms with E-state index in [4.69, 9.17) is 16.5 Å². The molecule has 0 bridgehead atoms. The lowest BCUT2D eigenvalue weighted by Gasteiger charge is -2.42. The maximum Gasteiger partial charge on any atom is 0.174 e. The number of fused-ring (bicyclic) bond motifs is 2. The Hall–Kier alpha value is -3.39. The van der Waals surface area contributed by atoms with Crippen LogP contribution < -0.4 is 16.4 Å². The largest absolute Gasteiger partial charge is 0.381 e. The first-order chi connectivity index (χ1) is 15.6. The van der Waals surface area contributed by atoms with Gasteiger partial charge in [-0.1, -0.05) is 24.3 Å². The van der Waals surface area contributed by atoms with Crippen molar-refractivity contribution in [3.63, 3.8) is 0 Å². The van der Waals surface area contributed by atoms with E-state index in [1.807, 2.05) is 0 Å². The lowest BCUT2D eigenvalue weighted by molar-refractivity contribution is 0.187. The predicted molar refractivity (Wildman–Crippen MR) is 121 cm³/mol. The summed E-state index contributed by atoms with van der Waals surface area (Å²) in [5, 5.41) is 0. The van der Waals surface area contributed by atoms with E-state index in [0.717, 1.165) is 43.9 Å². The Morgan fingerprint density at radius 1 is 1.09 bits per heavy atom. The van der Waals surface area contributed by atoms with Gasteiger partial charge in [0.05, 0.1) is 24.1 Å². The van der Waals surface area contributed by atoms with Crippen LogP contribution in [-0.2, 0) is 13.0 Å². The zero-order chi connectivity index (χ0) is 21.9. The number of nitrogens with two attached hydrogens (primary N) is 2. The van der Waals surface area contributed by atoms with Crippen LogP contribution in [0.4, 0.5) is 16.0 Å². The van der Waals surface area contributed by atoms with Gasteiger partial charge < -0.3 is 16.4 Å². The van der Waals surface area contributed by atoms with Crippen molar-refractivity contribution in [2.45, 2.75) is 31.8 Å². The van der Waals surface area contributed by atoms with Gasteiger partial charge in [0, 0.05) is 30.9 Å². The van der Waals surface area contributed by atoms with Crippen molar-refractivity contribution in [2.75, 3.05) is 23.7 Å². The second kappa shape index (κ2) is 7.06. The van der Waals surface area contributed by atoms with Crippen molar-refractivity contribution < 1.29 is 4.39 Å². The summed E-state index contributed by atoms with van der Waals surface area (Å²) in [7, 11) is 0. The number of hydrogen-bond donors (Lipinski definition) is 2. The SMILES string of the molecule is Nc1nccc(C2=NCc3nc(N4CCC5(CC4)Cc4ccccc4[C@@H]5N)cnc32)c1F. The maximum atomic E-state index is 14.5. The molecule has 0 radical (unpaired) electrons. The fourth-order valence-corrected chi connectivity index (χ4v) is 5.45. The third kappa shape index (κ3) is 2.82. The lowest BCUT2D eigenvalue weighted by atomic mass is 9.73. The van der Waals surface area contributed by atoms with Crippen LogP contribution in [0.15, 0.2) is 47.7 Å². The Balaban J connectivity index is 1.21. The molecule has 4 heterocycles. The average molecular weight is 430 g/mol. The third-order valence-electron chi connectivity index (χ3n) is 7.29. The van der Waals surface area contributed by atoms with E-state index < -0.39 is 5.82 Å². The summed E-state index contributed by atoms with van der Waals surface area (Å²) >= 11 is 0. The number of halogens is 1. The molecule has 2 aliphatic heterocycles. The van der Waals surface area contributed by atoms with Crippen LogP contribution in [0.1, 0.15) is 47.0 Å². The summed E-state index contributed by atoms with van der Waals surface area (Å²) in [5.41, 5.74) is 17.3. The smallest absolute Gasteiger partial charge is 0.174 e. The highest BCUT2D eigenvalue weighted by Gasteiger charge is 2.46. The molecule has 162 valence electrons. The van der Waals surface area contributed by atoms with Crippen LogP contribution in [-0.4, -0.2) is 33.8 Å². The minimum absolute atomic E-state index is 0.0885. The summed E-state index contributed by atoms with van der Waals surface area (Å²) in [5.74, 6) is 0.131. The van der Waals surface area contributed by atoms with Crippen LogP contribution in [0.25, 0.3) is 0 Å². The number of rotatable bonds is 2. The van der Waals surface area contributed by atoms with Crippen molar-refractivity contribution in [3.8, 4) is 0 Å². The van der Waals surface area contributed by atoms with Gasteiger partial charge in [0.25, 0.3) is 0 Å². The highest BCUT2D eigenvalue weighted by Crippen LogP contribution is 2.50. The topological polar surface area (TPSA) is 106 Å². The molecular formula is C24H24FN7. The lowest BCUT2D eigenvalue weighted by Crippen LogP contribution is -2.44. The predicted octanol–water partition coefficient (Wildman–Crippen LogP) is 2.79. The number of benzene rings is 1. The van der Waals surface area contributed by atoms with Crippen molar-refractivity contribution in [1.82, 2.24) is 15.0 Å². The molecule has 2 aromatic heterocycles. The summed E-state index contributed by atoms with van der Waals surface area (Å²) in [6.45, 7) is 2.15. The van der Waals surface area contributed by atoms with Crippen LogP contribution in [0.2, 0.25) is 0 Å². The van der Waals surface area contributed by atoms with Gasteiger partial charge in [0.15, 0.2) is 11.6 Å². The van der Waals surface area contributed by atoms with Gasteiger partial charge in [0.2, 0.25) is 0 Å². The summed E-state index contributed by atoms with van der Waals surface area (Å²) in [4.78, 5) is 20.0. The van der Waals surface area contributed by atoms with Crippen LogP contribution in [0, 0.1) is 11.2 Å². The van der Waals surface area contributed by atoms with Crippen LogP contribution in [0.3, 0.4) is 0 Å². The molecule has 1 saturated heterocycles. The number of aliphatic imine (C=N–C) groups is 1. The number of nitrogens with zero attached hydrogens (tertiary/aromatic N) is 5. The van der Waals surface area contributed by atoms with Crippen molar-refractivity contribution in [2.24, 2.45) is 16.1 Å². The number of anilines is 2. The molecule has 3 aromatic rings. The maximum absolute atomic E-state index is 14.5. The quantitative estimate of drug-likeness (QED) is 0.649. The number of hydrogen-bond acceptors (Lipinski definition) is 7. The van der Waals surface area contributed by atoms with Gasteiger partial charge in [-0.25, -0.2) is 19.3 Å². The van der Waals surface area contributed by atoms with Gasteiger partial charge >= 0.3 is 0 Å². The summed E-state index contributed by atoms with van der Waals surface area (Å²) in [6, 6.07) is 10.2. The summed E-state index contributed by atoms with van der Waals surface area (Å²) in [6.07, 6.45) is 6.33. The van der Waals surface area contributed by atoms with E-state index in [-0.39, 0.29) is 17.3 Å². The molecule has 1 atom stereocenters. The van der Waals surface area contributed by atoms with Crippen molar-refractivity contribution in [1.29, 1.82) is 0 Å². The molecule has 0 amide bonds. The first-order valence-electron chi connectivity index (χ1n) is 11.0. The fourth-order valence-electron chi connectivity index (χ4n) is 5.45. The van der Waals surface area contributed by atoms with Gasteiger partial charge in [-0.3, -0.25) is 4.99 Å². The van der Waals surface area contributed by atoms with Crippen molar-refractivity contribution >= 4 is 17.3 Å². The zero-order valence-electron chi connectivity index (χ0n) is 17.6. The second-order valence-corrected chi connectivity index (χ2v) is 8.95. The van der Waals surface area contributed by atoms with Crippen LogP contribution in [0.5, 0.6) is 0 Å². The number of aromatic nitrogens is 3. The molecule has 1 spiro atoms. The Kier molecular flexibility index (Phi) is 4.26. The molecule has 1 fully saturated rings. The Morgan fingerprint density at radius 2 is 1.91 bits per heavy atom. The monoisotopic (exact) mass is 429 g/mol. The molecule has 4 N–H and O–H groups in total. The molecular weight excluding hydrogens is 405 g/mol. The fraction of sp³-hybridized carbons (Fsp3) is 0.333. The van der Waals surface area contributed by atoms with Gasteiger partial charge in [0.1, 0.15) is 11.5 Å². The Morgan fingerprint density at radius 3 is 2.72 bits per heavy atom. The number of nitrogen functional groups attached to an aromatic ring is 1. The third-order valence-corrected chi connectivity index (χ3v) is 7.29. The molecule has 1 aliphatic carbocycles. The van der Waals surface area contributed by atoms with E-state index in [9.17, 15) is 4.39 Å². The van der Waals surface area contributed by atoms with E-state index in [0.29, 0.717) is 23.5 Å². The minimum Gasteiger partial charge on any atom is -0.381 e. The molecule has 3 aliphatic rings. The molecule has 8 heteroatoms. The highest BCUT2D eigenvalue weighted by atomic mass is 19.1. The Bertz CT molecular complexity index is 1250. The first-order valence-corrected chi connectivity index (χ1v) is 11.0. The number of pyridine rings is 1. The van der Waals surface area contributed by atoms with Gasteiger partial charge in [-0.05, 0) is 41.9 Å². The molecule has 32 heavy (non-hydrogen) atoms. The highest BCUT2D eigenvalue weighted by molar-refractivity contribution is 6.14. The standard InChI is InChI=1S/C24H24FN7/c25-19-16(5-8-28-23(19)27)20-21-17(12-29-20)31-18(13-30-21)32-9-6-24(7-10-32)11-14-3-1-2-4-15(14)22(24)26/h1-5,8,13,22H,6-7,9-12,26H2,(H2,27,28)/t22-/m0/s1. The second-order valence-electron chi connectivity index (χ2n) is 8.95. The molecule has 0 saturated carbocycles. The van der Waals surface area contributed by atoms with Gasteiger partial charge in [-0.15, -0.1) is 0 Å². The zero-order valence-corrected chi connectivity index (χ0v) is 17.6. The Labute approximate surface area is 185 Å². The van der Waals surface area contributed by atoms with Crippen LogP contribution >= 0.6 is 0 Å². The van der Waals surface area contributed by atoms with Crippen molar-refractivity contribution in [3.05, 3.63) is 76.6 Å². The van der Waals surface area contributed by atoms with E-state index in [1.54, 1.807) is 12.3 Å². The molecule has 1 aromatic carbocycles. The minimum atomic E-state index is -0.569. The van der Waals surface area contributed by atoms with E-state index in [1.165, 1.54) is 17.3 Å². The molecule has 6 rings (SSSR count). The normalized spacial score (nSPS) is 20.9. The first kappa shape index (κ1) is 19.3. The van der Waals surface area contributed by atoms with E-state index >= 15 is 0 Å². The molecule has 0 unspecified atom stereocenters. The number of piperidine rings is 1. The van der Waals surface area contributed by atoms with E-state index in [2.05, 4.69) is 44.1 Å². The van der Waals surface area contributed by atoms with Gasteiger partial charge in [-0.2, -0.15) is 0 Å². The molecule has 7 nitrogen and oxygen atoms in total. The average Bonchev–Trinajstić information content (AvgIpc) is 3.35.